The van der Waals surface area contributed by atoms with E-state index in [1.165, 1.54) is 4.90 Å². The highest BCUT2D eigenvalue weighted by molar-refractivity contribution is 5.92. The molecule has 0 saturated heterocycles. The first-order valence-corrected chi connectivity index (χ1v) is 8.81. The van der Waals surface area contributed by atoms with Crippen LogP contribution in [-0.4, -0.2) is 43.6 Å². The Hall–Kier alpha value is -3.02. The van der Waals surface area contributed by atoms with Gasteiger partial charge in [-0.2, -0.15) is 0 Å². The van der Waals surface area contributed by atoms with E-state index in [2.05, 4.69) is 0 Å². The van der Waals surface area contributed by atoms with Crippen molar-refractivity contribution in [3.05, 3.63) is 58.7 Å². The average molecular weight is 369 g/mol. The van der Waals surface area contributed by atoms with Crippen LogP contribution in [0.15, 0.2) is 36.4 Å². The molecule has 1 amide bonds. The number of hydrogen-bond donors (Lipinski definition) is 0. The third kappa shape index (κ3) is 4.58. The lowest BCUT2D eigenvalue weighted by molar-refractivity contribution is -0.133. The van der Waals surface area contributed by atoms with Gasteiger partial charge in [0.2, 0.25) is 0 Å². The number of likely N-dealkylation sites (N-methyl/N-ethyl adjacent to an activating group) is 1. The molecule has 3 rings (SSSR count). The van der Waals surface area contributed by atoms with Gasteiger partial charge in [-0.3, -0.25) is 4.79 Å². The van der Waals surface area contributed by atoms with Crippen molar-refractivity contribution in [2.24, 2.45) is 0 Å². The van der Waals surface area contributed by atoms with E-state index in [0.29, 0.717) is 36.8 Å². The summed E-state index contributed by atoms with van der Waals surface area (Å²) in [5.41, 5.74) is 3.19. The molecule has 1 aliphatic rings. The summed E-state index contributed by atoms with van der Waals surface area (Å²) in [6.07, 6.45) is 0. The molecule has 142 valence electrons. The molecule has 1 heterocycles. The smallest absolute Gasteiger partial charge is 0.338 e. The average Bonchev–Trinajstić information content (AvgIpc) is 2.67. The van der Waals surface area contributed by atoms with Crippen LogP contribution in [0.4, 0.5) is 0 Å². The van der Waals surface area contributed by atoms with Gasteiger partial charge in [-0.15, -0.1) is 0 Å². The van der Waals surface area contributed by atoms with Crippen molar-refractivity contribution >= 4 is 11.9 Å². The molecule has 0 saturated carbocycles. The molecule has 0 N–H and O–H groups in total. The molecule has 6 nitrogen and oxygen atoms in total. The van der Waals surface area contributed by atoms with E-state index in [1.807, 2.05) is 44.2 Å². The van der Waals surface area contributed by atoms with Crippen LogP contribution in [0.3, 0.4) is 0 Å². The van der Waals surface area contributed by atoms with Gasteiger partial charge in [0.05, 0.1) is 5.56 Å². The second kappa shape index (κ2) is 8.12. The molecular formula is C21H23NO5. The van der Waals surface area contributed by atoms with E-state index in [1.54, 1.807) is 13.1 Å². The Morgan fingerprint density at radius 3 is 2.56 bits per heavy atom. The molecule has 0 aliphatic carbocycles. The van der Waals surface area contributed by atoms with Crippen LogP contribution in [0.5, 0.6) is 11.5 Å². The molecule has 0 spiro atoms. The summed E-state index contributed by atoms with van der Waals surface area (Å²) in [7, 11) is 1.67. The highest BCUT2D eigenvalue weighted by Crippen LogP contribution is 2.31. The molecule has 2 aromatic rings. The maximum Gasteiger partial charge on any atom is 0.338 e. The second-order valence-corrected chi connectivity index (χ2v) is 6.62. The van der Waals surface area contributed by atoms with E-state index in [-0.39, 0.29) is 12.5 Å². The van der Waals surface area contributed by atoms with Crippen LogP contribution in [0.1, 0.15) is 27.0 Å². The standard InChI is InChI=1S/C21H23NO5/c1-14-4-5-15(2)17(10-14)21(24)27-13-20(23)22(3)12-16-6-7-18-19(11-16)26-9-8-25-18/h4-7,10-11H,8-9,12-13H2,1-3H3. The lowest BCUT2D eigenvalue weighted by Gasteiger charge is -2.21. The van der Waals surface area contributed by atoms with Gasteiger partial charge in [0.25, 0.3) is 5.91 Å². The number of benzene rings is 2. The van der Waals surface area contributed by atoms with Crippen molar-refractivity contribution in [3.8, 4) is 11.5 Å². The van der Waals surface area contributed by atoms with Crippen molar-refractivity contribution < 1.29 is 23.8 Å². The summed E-state index contributed by atoms with van der Waals surface area (Å²) >= 11 is 0. The van der Waals surface area contributed by atoms with Crippen LogP contribution in [0, 0.1) is 13.8 Å². The topological polar surface area (TPSA) is 65.1 Å². The quantitative estimate of drug-likeness (QED) is 0.759. The van der Waals surface area contributed by atoms with Crippen LogP contribution < -0.4 is 9.47 Å². The number of carbonyl (C=O) groups excluding carboxylic acids is 2. The van der Waals surface area contributed by atoms with Crippen LogP contribution in [-0.2, 0) is 16.1 Å². The number of aryl methyl sites for hydroxylation is 2. The fourth-order valence-electron chi connectivity index (χ4n) is 2.82. The van der Waals surface area contributed by atoms with Gasteiger partial charge in [-0.1, -0.05) is 23.8 Å². The van der Waals surface area contributed by atoms with Gasteiger partial charge in [0.1, 0.15) is 13.2 Å². The Labute approximate surface area is 158 Å². The zero-order valence-electron chi connectivity index (χ0n) is 15.8. The Bertz CT molecular complexity index is 862. The first-order chi connectivity index (χ1) is 12.9. The Balaban J connectivity index is 1.56. The Kier molecular flexibility index (Phi) is 5.64. The lowest BCUT2D eigenvalue weighted by Crippen LogP contribution is -2.31. The second-order valence-electron chi connectivity index (χ2n) is 6.62. The first kappa shape index (κ1) is 18.8. The summed E-state index contributed by atoms with van der Waals surface area (Å²) in [4.78, 5) is 26.1. The molecule has 0 aromatic heterocycles. The predicted molar refractivity (Wildman–Crippen MR) is 100 cm³/mol. The van der Waals surface area contributed by atoms with Gasteiger partial charge < -0.3 is 19.1 Å². The monoisotopic (exact) mass is 369 g/mol. The SMILES string of the molecule is Cc1ccc(C)c(C(=O)OCC(=O)N(C)Cc2ccc3c(c2)OCCO3)c1. The van der Waals surface area contributed by atoms with Crippen molar-refractivity contribution in [1.82, 2.24) is 4.90 Å². The van der Waals surface area contributed by atoms with E-state index in [4.69, 9.17) is 14.2 Å². The third-order valence-electron chi connectivity index (χ3n) is 4.39. The number of hydrogen-bond acceptors (Lipinski definition) is 5. The Morgan fingerprint density at radius 1 is 1.04 bits per heavy atom. The molecule has 0 radical (unpaired) electrons. The molecule has 0 atom stereocenters. The van der Waals surface area contributed by atoms with Crippen molar-refractivity contribution in [1.29, 1.82) is 0 Å². The first-order valence-electron chi connectivity index (χ1n) is 8.81. The molecule has 27 heavy (non-hydrogen) atoms. The van der Waals surface area contributed by atoms with E-state index < -0.39 is 5.97 Å². The summed E-state index contributed by atoms with van der Waals surface area (Å²) < 4.78 is 16.3. The van der Waals surface area contributed by atoms with Crippen molar-refractivity contribution in [2.75, 3.05) is 26.9 Å². The van der Waals surface area contributed by atoms with Crippen molar-refractivity contribution in [2.45, 2.75) is 20.4 Å². The summed E-state index contributed by atoms with van der Waals surface area (Å²) in [6.45, 7) is 4.88. The lowest BCUT2D eigenvalue weighted by atomic mass is 10.1. The van der Waals surface area contributed by atoms with Gasteiger partial charge in [-0.25, -0.2) is 4.79 Å². The molecule has 1 aliphatic heterocycles. The fraction of sp³-hybridized carbons (Fsp3) is 0.333. The van der Waals surface area contributed by atoms with Gasteiger partial charge in [0.15, 0.2) is 18.1 Å². The minimum Gasteiger partial charge on any atom is -0.486 e. The fourth-order valence-corrected chi connectivity index (χ4v) is 2.82. The van der Waals surface area contributed by atoms with Crippen molar-refractivity contribution in [3.63, 3.8) is 0 Å². The van der Waals surface area contributed by atoms with E-state index in [9.17, 15) is 9.59 Å². The summed E-state index contributed by atoms with van der Waals surface area (Å²) in [5.74, 6) is 0.628. The zero-order chi connectivity index (χ0) is 19.4. The molecule has 6 heteroatoms. The van der Waals surface area contributed by atoms with Crippen LogP contribution in [0.2, 0.25) is 0 Å². The largest absolute Gasteiger partial charge is 0.486 e. The molecule has 0 fully saturated rings. The minimum absolute atomic E-state index is 0.274. The number of fused-ring (bicyclic) bond motifs is 1. The third-order valence-corrected chi connectivity index (χ3v) is 4.39. The van der Waals surface area contributed by atoms with E-state index >= 15 is 0 Å². The predicted octanol–water partition coefficient (Wildman–Crippen LogP) is 2.89. The molecular weight excluding hydrogens is 346 g/mol. The van der Waals surface area contributed by atoms with Gasteiger partial charge in [-0.05, 0) is 43.2 Å². The summed E-state index contributed by atoms with van der Waals surface area (Å²) in [5, 5.41) is 0. The molecule has 0 bridgehead atoms. The highest BCUT2D eigenvalue weighted by Gasteiger charge is 2.17. The minimum atomic E-state index is -0.489. The zero-order valence-corrected chi connectivity index (χ0v) is 15.8. The van der Waals surface area contributed by atoms with Gasteiger partial charge in [0, 0.05) is 13.6 Å². The number of ether oxygens (including phenoxy) is 3. The van der Waals surface area contributed by atoms with E-state index in [0.717, 1.165) is 16.7 Å². The number of nitrogens with zero attached hydrogens (tertiary/aromatic N) is 1. The maximum atomic E-state index is 12.3. The van der Waals surface area contributed by atoms with Gasteiger partial charge >= 0.3 is 5.97 Å². The summed E-state index contributed by atoms with van der Waals surface area (Å²) in [6, 6.07) is 11.1. The normalized spacial score (nSPS) is 12.4. The number of amides is 1. The Morgan fingerprint density at radius 2 is 1.78 bits per heavy atom. The number of carbonyl (C=O) groups is 2. The molecule has 0 unspecified atom stereocenters. The van der Waals surface area contributed by atoms with Crippen LogP contribution >= 0.6 is 0 Å². The highest BCUT2D eigenvalue weighted by atomic mass is 16.6. The molecule has 2 aromatic carbocycles. The van der Waals surface area contributed by atoms with Crippen LogP contribution in [0.25, 0.3) is 0 Å². The number of rotatable bonds is 5. The maximum absolute atomic E-state index is 12.3. The number of esters is 1.